The highest BCUT2D eigenvalue weighted by Crippen LogP contribution is 2.39. The van der Waals surface area contributed by atoms with Crippen LogP contribution in [0.4, 0.5) is 0 Å². The van der Waals surface area contributed by atoms with Crippen LogP contribution in [0.15, 0.2) is 65.8 Å². The molecule has 0 saturated heterocycles. The lowest BCUT2D eigenvalue weighted by molar-refractivity contribution is 0.420. The number of benzene rings is 2. The third-order valence-electron chi connectivity index (χ3n) is 4.87. The molecule has 0 saturated carbocycles. The minimum absolute atomic E-state index is 0.00240. The molecule has 170 valence electrons. The number of rotatable bonds is 6. The molecule has 2 heterocycles. The van der Waals surface area contributed by atoms with Gasteiger partial charge >= 0.3 is 6.01 Å². The zero-order chi connectivity index (χ0) is 23.8. The van der Waals surface area contributed by atoms with Crippen molar-refractivity contribution < 1.29 is 23.7 Å². The number of para-hydroxylation sites is 1. The number of aromatic hydroxyl groups is 3. The fourth-order valence-electron chi connectivity index (χ4n) is 3.25. The van der Waals surface area contributed by atoms with Crippen LogP contribution in [0.5, 0.6) is 17.5 Å². The van der Waals surface area contributed by atoms with Gasteiger partial charge < -0.3 is 15.3 Å². The number of aromatic nitrogens is 4. The van der Waals surface area contributed by atoms with Crippen molar-refractivity contribution in [1.82, 2.24) is 24.1 Å². The number of hydrogen-bond acceptors (Lipinski definition) is 8. The van der Waals surface area contributed by atoms with Crippen molar-refractivity contribution in [1.29, 1.82) is 0 Å². The van der Waals surface area contributed by atoms with Gasteiger partial charge in [0.2, 0.25) is 10.0 Å². The highest BCUT2D eigenvalue weighted by atomic mass is 35.5. The summed E-state index contributed by atoms with van der Waals surface area (Å²) in [6.07, 6.45) is 3.10. The molecule has 0 unspecified atom stereocenters. The maximum atomic E-state index is 13.2. The number of phenolic OH excluding ortho intramolecular Hbond substituents is 2. The number of halogens is 1. The molecule has 0 amide bonds. The second-order valence-corrected chi connectivity index (χ2v) is 9.49. The zero-order valence-electron chi connectivity index (χ0n) is 17.2. The van der Waals surface area contributed by atoms with E-state index < -0.39 is 32.4 Å². The van der Waals surface area contributed by atoms with E-state index in [-0.39, 0.29) is 23.0 Å². The molecule has 0 fully saturated rings. The number of hydrogen-bond donors (Lipinski definition) is 3. The Hall–Kier alpha value is -3.67. The first kappa shape index (κ1) is 22.5. The summed E-state index contributed by atoms with van der Waals surface area (Å²) >= 11 is 6.24. The summed E-state index contributed by atoms with van der Waals surface area (Å²) in [5, 5.41) is 38.9. The highest BCUT2D eigenvalue weighted by molar-refractivity contribution is 7.89. The quantitative estimate of drug-likeness (QED) is 0.377. The predicted octanol–water partition coefficient (Wildman–Crippen LogP) is 2.92. The Labute approximate surface area is 194 Å². The number of pyridine rings is 1. The van der Waals surface area contributed by atoms with Crippen LogP contribution in [0.2, 0.25) is 5.02 Å². The smallest absolute Gasteiger partial charge is 0.319 e. The largest absolute Gasteiger partial charge is 0.507 e. The first-order valence-corrected chi connectivity index (χ1v) is 11.3. The van der Waals surface area contributed by atoms with E-state index in [2.05, 4.69) is 15.2 Å². The predicted molar refractivity (Wildman–Crippen MR) is 120 cm³/mol. The van der Waals surface area contributed by atoms with E-state index in [0.29, 0.717) is 11.3 Å². The summed E-state index contributed by atoms with van der Waals surface area (Å²) in [7, 11) is -2.84. The molecule has 0 bridgehead atoms. The van der Waals surface area contributed by atoms with Crippen molar-refractivity contribution in [3.63, 3.8) is 0 Å². The van der Waals surface area contributed by atoms with Crippen LogP contribution in [-0.2, 0) is 16.6 Å². The third-order valence-corrected chi connectivity index (χ3v) is 7.03. The molecule has 4 aromatic rings. The van der Waals surface area contributed by atoms with E-state index in [1.165, 1.54) is 13.2 Å². The van der Waals surface area contributed by atoms with Gasteiger partial charge in [-0.25, -0.2) is 13.0 Å². The maximum absolute atomic E-state index is 13.2. The summed E-state index contributed by atoms with van der Waals surface area (Å²) in [6, 6.07) is 11.4. The van der Waals surface area contributed by atoms with Crippen molar-refractivity contribution >= 4 is 21.6 Å². The monoisotopic (exact) mass is 487 g/mol. The van der Waals surface area contributed by atoms with E-state index in [4.69, 9.17) is 11.6 Å². The standard InChI is InChI=1S/C21H18ClN5O5S/c1-26(12-13-5-4-8-23-11-13)33(31,32)19-9-14(17(28)10-18(19)29)20-24-25-21(30)27(20)16-7-3-2-6-15(16)22/h2-11,28-29H,12H2,1H3,(H,25,30). The molecule has 0 aliphatic carbocycles. The average Bonchev–Trinajstić information content (AvgIpc) is 3.15. The number of phenols is 2. The van der Waals surface area contributed by atoms with Gasteiger partial charge in [-0.2, -0.15) is 4.31 Å². The van der Waals surface area contributed by atoms with Crippen LogP contribution >= 0.6 is 11.6 Å². The van der Waals surface area contributed by atoms with Gasteiger partial charge in [0.05, 0.1) is 16.3 Å². The van der Waals surface area contributed by atoms with Crippen LogP contribution in [0.1, 0.15) is 5.56 Å². The van der Waals surface area contributed by atoms with Crippen LogP contribution < -0.4 is 0 Å². The Bertz CT molecular complexity index is 1430. The Morgan fingerprint density at radius 3 is 2.48 bits per heavy atom. The Balaban J connectivity index is 1.82. The van der Waals surface area contributed by atoms with E-state index in [1.807, 2.05) is 0 Å². The lowest BCUT2D eigenvalue weighted by Crippen LogP contribution is -2.26. The van der Waals surface area contributed by atoms with Gasteiger partial charge in [-0.15, -0.1) is 5.10 Å². The summed E-state index contributed by atoms with van der Waals surface area (Å²) < 4.78 is 28.6. The van der Waals surface area contributed by atoms with Crippen molar-refractivity contribution in [3.05, 3.63) is 71.5 Å². The molecule has 0 aliphatic heterocycles. The topological polar surface area (TPSA) is 142 Å². The molecule has 3 N–H and O–H groups in total. The third kappa shape index (κ3) is 4.21. The summed E-state index contributed by atoms with van der Waals surface area (Å²) in [5.74, 6) is -1.20. The molecule has 0 radical (unpaired) electrons. The van der Waals surface area contributed by atoms with Gasteiger partial charge in [0, 0.05) is 32.1 Å². The number of sulfonamides is 1. The molecule has 10 nitrogen and oxygen atoms in total. The van der Waals surface area contributed by atoms with E-state index >= 15 is 0 Å². The van der Waals surface area contributed by atoms with E-state index in [9.17, 15) is 23.7 Å². The fraction of sp³-hybridized carbons (Fsp3) is 0.0952. The molecule has 0 aliphatic rings. The van der Waals surface area contributed by atoms with Gasteiger partial charge in [-0.05, 0) is 29.8 Å². The first-order chi connectivity index (χ1) is 15.7. The highest BCUT2D eigenvalue weighted by Gasteiger charge is 2.28. The molecule has 12 heteroatoms. The molecule has 0 spiro atoms. The first-order valence-electron chi connectivity index (χ1n) is 9.51. The Kier molecular flexibility index (Phi) is 5.93. The fourth-order valence-corrected chi connectivity index (χ4v) is 4.72. The van der Waals surface area contributed by atoms with E-state index in [1.54, 1.807) is 42.6 Å². The van der Waals surface area contributed by atoms with Gasteiger partial charge in [-0.3, -0.25) is 4.98 Å². The Morgan fingerprint density at radius 1 is 1.03 bits per heavy atom. The molecule has 33 heavy (non-hydrogen) atoms. The van der Waals surface area contributed by atoms with Crippen LogP contribution in [0.3, 0.4) is 0 Å². The van der Waals surface area contributed by atoms with Crippen molar-refractivity contribution in [2.45, 2.75) is 11.4 Å². The van der Waals surface area contributed by atoms with Crippen LogP contribution in [-0.4, -0.2) is 54.8 Å². The lowest BCUT2D eigenvalue weighted by atomic mass is 10.1. The molecule has 2 aromatic carbocycles. The summed E-state index contributed by atoms with van der Waals surface area (Å²) in [5.41, 5.74) is 0.863. The lowest BCUT2D eigenvalue weighted by Gasteiger charge is -2.19. The average molecular weight is 488 g/mol. The van der Waals surface area contributed by atoms with E-state index in [0.717, 1.165) is 21.0 Å². The second kappa shape index (κ2) is 8.70. The van der Waals surface area contributed by atoms with Crippen molar-refractivity contribution in [3.8, 4) is 34.6 Å². The second-order valence-electron chi connectivity index (χ2n) is 7.07. The molecule has 2 aromatic heterocycles. The van der Waals surface area contributed by atoms with Crippen LogP contribution in [0.25, 0.3) is 17.1 Å². The Morgan fingerprint density at radius 2 is 1.79 bits per heavy atom. The molecule has 4 rings (SSSR count). The summed E-state index contributed by atoms with van der Waals surface area (Å²) in [6.45, 7) is 0.00240. The minimum atomic E-state index is -4.20. The zero-order valence-corrected chi connectivity index (χ0v) is 18.7. The van der Waals surface area contributed by atoms with Crippen LogP contribution in [0, 0.1) is 0 Å². The number of nitrogens with zero attached hydrogens (tertiary/aromatic N) is 5. The molecular formula is C21H18ClN5O5S. The van der Waals surface area contributed by atoms with Crippen molar-refractivity contribution in [2.24, 2.45) is 0 Å². The summed E-state index contributed by atoms with van der Waals surface area (Å²) in [4.78, 5) is 3.50. The van der Waals surface area contributed by atoms with Gasteiger partial charge in [0.15, 0.2) is 5.82 Å². The normalized spacial score (nSPS) is 11.7. The maximum Gasteiger partial charge on any atom is 0.319 e. The molecular weight excluding hydrogens is 470 g/mol. The minimum Gasteiger partial charge on any atom is -0.507 e. The van der Waals surface area contributed by atoms with Crippen molar-refractivity contribution in [2.75, 3.05) is 7.05 Å². The molecule has 0 atom stereocenters. The SMILES string of the molecule is CN(Cc1cccnc1)S(=O)(=O)c1cc(-c2nnc(O)n2-c2ccccc2Cl)c(O)cc1O. The van der Waals surface area contributed by atoms with Gasteiger partial charge in [-0.1, -0.05) is 34.9 Å². The van der Waals surface area contributed by atoms with Gasteiger partial charge in [0.1, 0.15) is 16.4 Å². The van der Waals surface area contributed by atoms with Gasteiger partial charge in [0.25, 0.3) is 0 Å².